The zero-order chi connectivity index (χ0) is 20.3. The van der Waals surface area contributed by atoms with Crippen molar-refractivity contribution in [3.63, 3.8) is 0 Å². The molecule has 0 aromatic rings. The van der Waals surface area contributed by atoms with Crippen molar-refractivity contribution in [2.45, 2.75) is 110 Å². The zero-order valence-electron chi connectivity index (χ0n) is 17.9. The van der Waals surface area contributed by atoms with E-state index in [-0.39, 0.29) is 17.7 Å². The largest absolute Gasteiger partial charge is 0.469 e. The molecule has 0 fully saturated rings. The Morgan fingerprint density at radius 2 is 1.59 bits per heavy atom. The molecule has 0 aromatic heterocycles. The topological polar surface area (TPSA) is 63.6 Å². The fraction of sp³-hybridized carbons (Fsp3) is 0.826. The van der Waals surface area contributed by atoms with Crippen molar-refractivity contribution in [2.75, 3.05) is 7.11 Å². The molecule has 0 heterocycles. The molecule has 0 spiro atoms. The van der Waals surface area contributed by atoms with Crippen molar-refractivity contribution >= 4 is 11.8 Å². The molecule has 1 rings (SSSR count). The number of allylic oxidation sites excluding steroid dienone is 1. The summed E-state index contributed by atoms with van der Waals surface area (Å²) in [5, 5.41) is 11.2. The number of carbonyl (C=O) groups excluding carboxylic acids is 2. The molecule has 1 aliphatic carbocycles. The highest BCUT2D eigenvalue weighted by molar-refractivity contribution is 6.01. The summed E-state index contributed by atoms with van der Waals surface area (Å²) in [4.78, 5) is 23.7. The highest BCUT2D eigenvalue weighted by atomic mass is 16.5. The van der Waals surface area contributed by atoms with Crippen molar-refractivity contribution in [2.24, 2.45) is 5.92 Å². The minimum absolute atomic E-state index is 0.123. The molecule has 2 unspecified atom stereocenters. The third kappa shape index (κ3) is 7.06. The summed E-state index contributed by atoms with van der Waals surface area (Å²) in [6, 6.07) is 0. The van der Waals surface area contributed by atoms with E-state index < -0.39 is 5.60 Å². The Labute approximate surface area is 165 Å². The highest BCUT2D eigenvalue weighted by Crippen LogP contribution is 2.43. The van der Waals surface area contributed by atoms with Crippen molar-refractivity contribution < 1.29 is 19.4 Å². The first-order chi connectivity index (χ1) is 12.9. The standard InChI is InChI=1S/C23H40O4/c1-5-6-14-17-23(26)19(3)18(2)22(25)20(23)15-12-10-8-7-9-11-13-16-21(24)27-4/h20,26H,5-17H2,1-4H3. The van der Waals surface area contributed by atoms with Gasteiger partial charge in [0.15, 0.2) is 5.78 Å². The van der Waals surface area contributed by atoms with Gasteiger partial charge in [-0.1, -0.05) is 64.7 Å². The Morgan fingerprint density at radius 3 is 2.19 bits per heavy atom. The average Bonchev–Trinajstić information content (AvgIpc) is 2.81. The van der Waals surface area contributed by atoms with Gasteiger partial charge in [0.2, 0.25) is 0 Å². The fourth-order valence-electron chi connectivity index (χ4n) is 4.23. The van der Waals surface area contributed by atoms with Crippen LogP contribution in [0, 0.1) is 5.92 Å². The molecule has 0 saturated heterocycles. The number of Topliss-reactive ketones (excluding diaryl/α,β-unsaturated/α-hetero) is 1. The van der Waals surface area contributed by atoms with Gasteiger partial charge in [-0.05, 0) is 44.3 Å². The smallest absolute Gasteiger partial charge is 0.305 e. The molecule has 0 saturated carbocycles. The number of carbonyl (C=O) groups is 2. The van der Waals surface area contributed by atoms with Crippen LogP contribution in [0.15, 0.2) is 11.1 Å². The van der Waals surface area contributed by atoms with Gasteiger partial charge in [-0.25, -0.2) is 0 Å². The first-order valence-electron chi connectivity index (χ1n) is 10.9. The summed E-state index contributed by atoms with van der Waals surface area (Å²) in [6.07, 6.45) is 12.7. The lowest BCUT2D eigenvalue weighted by Gasteiger charge is -2.31. The maximum atomic E-state index is 12.6. The number of ketones is 1. The average molecular weight is 381 g/mol. The van der Waals surface area contributed by atoms with E-state index in [0.29, 0.717) is 12.8 Å². The van der Waals surface area contributed by atoms with Gasteiger partial charge in [0.05, 0.1) is 18.6 Å². The predicted molar refractivity (Wildman–Crippen MR) is 110 cm³/mol. The van der Waals surface area contributed by atoms with Gasteiger partial charge in [-0.3, -0.25) is 9.59 Å². The highest BCUT2D eigenvalue weighted by Gasteiger charge is 2.48. The Hall–Kier alpha value is -1.16. The second kappa shape index (κ2) is 12.3. The summed E-state index contributed by atoms with van der Waals surface area (Å²) in [6.45, 7) is 5.97. The third-order valence-corrected chi connectivity index (χ3v) is 6.24. The lowest BCUT2D eigenvalue weighted by molar-refractivity contribution is -0.140. The number of esters is 1. The monoisotopic (exact) mass is 380 g/mol. The van der Waals surface area contributed by atoms with Crippen LogP contribution in [0.25, 0.3) is 0 Å². The number of hydrogen-bond acceptors (Lipinski definition) is 4. The van der Waals surface area contributed by atoms with Crippen LogP contribution in [0.4, 0.5) is 0 Å². The predicted octanol–water partition coefficient (Wildman–Crippen LogP) is 5.52. The van der Waals surface area contributed by atoms with Crippen molar-refractivity contribution in [1.82, 2.24) is 0 Å². The van der Waals surface area contributed by atoms with Crippen molar-refractivity contribution in [3.05, 3.63) is 11.1 Å². The van der Waals surface area contributed by atoms with Crippen LogP contribution < -0.4 is 0 Å². The molecular formula is C23H40O4. The second-order valence-corrected chi connectivity index (χ2v) is 8.14. The van der Waals surface area contributed by atoms with Crippen LogP contribution in [-0.2, 0) is 14.3 Å². The van der Waals surface area contributed by atoms with E-state index in [9.17, 15) is 14.7 Å². The molecule has 156 valence electrons. The number of unbranched alkanes of at least 4 members (excludes halogenated alkanes) is 8. The van der Waals surface area contributed by atoms with Crippen LogP contribution in [0.1, 0.15) is 104 Å². The van der Waals surface area contributed by atoms with Gasteiger partial charge < -0.3 is 9.84 Å². The summed E-state index contributed by atoms with van der Waals surface area (Å²) in [5.41, 5.74) is 0.772. The van der Waals surface area contributed by atoms with Crippen molar-refractivity contribution in [3.8, 4) is 0 Å². The minimum Gasteiger partial charge on any atom is -0.469 e. The summed E-state index contributed by atoms with van der Waals surface area (Å²) >= 11 is 0. The molecule has 0 amide bonds. The van der Waals surface area contributed by atoms with Gasteiger partial charge in [0.25, 0.3) is 0 Å². The maximum Gasteiger partial charge on any atom is 0.305 e. The molecule has 2 atom stereocenters. The molecular weight excluding hydrogens is 340 g/mol. The molecule has 27 heavy (non-hydrogen) atoms. The Kier molecular flexibility index (Phi) is 10.9. The van der Waals surface area contributed by atoms with Crippen LogP contribution in [-0.4, -0.2) is 29.6 Å². The zero-order valence-corrected chi connectivity index (χ0v) is 17.9. The first-order valence-corrected chi connectivity index (χ1v) is 10.9. The van der Waals surface area contributed by atoms with Gasteiger partial charge >= 0.3 is 5.97 Å². The second-order valence-electron chi connectivity index (χ2n) is 8.14. The van der Waals surface area contributed by atoms with Crippen LogP contribution in [0.3, 0.4) is 0 Å². The SMILES string of the molecule is CCCCCC1(O)C(C)=C(C)C(=O)C1CCCCCCCCCC(=O)OC. The minimum atomic E-state index is -0.912. The fourth-order valence-corrected chi connectivity index (χ4v) is 4.23. The molecule has 0 aromatic carbocycles. The summed E-state index contributed by atoms with van der Waals surface area (Å²) < 4.78 is 4.64. The van der Waals surface area contributed by atoms with E-state index >= 15 is 0 Å². The van der Waals surface area contributed by atoms with E-state index in [1.807, 2.05) is 13.8 Å². The maximum absolute atomic E-state index is 12.6. The molecule has 4 nitrogen and oxygen atoms in total. The molecule has 0 aliphatic heterocycles. The van der Waals surface area contributed by atoms with Crippen molar-refractivity contribution in [1.29, 1.82) is 0 Å². The summed E-state index contributed by atoms with van der Waals surface area (Å²) in [7, 11) is 1.43. The van der Waals surface area contributed by atoms with E-state index in [0.717, 1.165) is 81.8 Å². The van der Waals surface area contributed by atoms with Crippen LogP contribution in [0.2, 0.25) is 0 Å². The van der Waals surface area contributed by atoms with Crippen LogP contribution in [0.5, 0.6) is 0 Å². The van der Waals surface area contributed by atoms with Gasteiger partial charge in [-0.15, -0.1) is 0 Å². The van der Waals surface area contributed by atoms with E-state index in [1.54, 1.807) is 0 Å². The summed E-state index contributed by atoms with van der Waals surface area (Å²) in [5.74, 6) is -0.203. The Balaban J connectivity index is 2.29. The number of ether oxygens (including phenoxy) is 1. The number of aliphatic hydroxyl groups is 1. The van der Waals surface area contributed by atoms with Gasteiger partial charge in [-0.2, -0.15) is 0 Å². The Morgan fingerprint density at radius 1 is 1.00 bits per heavy atom. The molecule has 1 N–H and O–H groups in total. The quantitative estimate of drug-likeness (QED) is 0.318. The lowest BCUT2D eigenvalue weighted by atomic mass is 9.79. The van der Waals surface area contributed by atoms with E-state index in [2.05, 4.69) is 11.7 Å². The number of hydrogen-bond donors (Lipinski definition) is 1. The molecule has 1 aliphatic rings. The van der Waals surface area contributed by atoms with Gasteiger partial charge in [0.1, 0.15) is 0 Å². The molecule has 4 heteroatoms. The Bertz CT molecular complexity index is 509. The van der Waals surface area contributed by atoms with Gasteiger partial charge in [0, 0.05) is 6.42 Å². The lowest BCUT2D eigenvalue weighted by Crippen LogP contribution is -2.38. The van der Waals surface area contributed by atoms with E-state index in [4.69, 9.17) is 0 Å². The number of rotatable bonds is 14. The third-order valence-electron chi connectivity index (χ3n) is 6.24. The first kappa shape index (κ1) is 23.9. The molecule has 0 radical (unpaired) electrons. The van der Waals surface area contributed by atoms with E-state index in [1.165, 1.54) is 7.11 Å². The molecule has 0 bridgehead atoms. The van der Waals surface area contributed by atoms with Crippen LogP contribution >= 0.6 is 0 Å². The normalized spacial score (nSPS) is 22.6. The number of methoxy groups -OCH3 is 1.